The maximum Gasteiger partial charge on any atom is 0.282 e. The van der Waals surface area contributed by atoms with Gasteiger partial charge in [0.1, 0.15) is 4.47 Å². The number of nitrogens with zero attached hydrogens (tertiary/aromatic N) is 3. The smallest absolute Gasteiger partial charge is 0.282 e. The van der Waals surface area contributed by atoms with Crippen LogP contribution in [0.5, 0.6) is 0 Å². The van der Waals surface area contributed by atoms with E-state index in [0.29, 0.717) is 4.47 Å². The highest BCUT2D eigenvalue weighted by atomic mass is 79.9. The van der Waals surface area contributed by atoms with E-state index >= 15 is 0 Å². The second-order valence-corrected chi connectivity index (χ2v) is 8.56. The summed E-state index contributed by atoms with van der Waals surface area (Å²) in [4.78, 5) is 14.7. The number of anilines is 1. The fourth-order valence-corrected chi connectivity index (χ4v) is 5.15. The Labute approximate surface area is 150 Å². The van der Waals surface area contributed by atoms with Crippen LogP contribution in [-0.2, 0) is 7.05 Å². The van der Waals surface area contributed by atoms with Gasteiger partial charge >= 0.3 is 0 Å². The molecule has 2 heterocycles. The van der Waals surface area contributed by atoms with Crippen LogP contribution in [0.25, 0.3) is 0 Å². The Hall–Kier alpha value is -0.530. The maximum atomic E-state index is 12.0. The molecular formula is C16H25BrN4OS. The molecule has 2 aliphatic rings. The Bertz CT molecular complexity index is 594. The van der Waals surface area contributed by atoms with Gasteiger partial charge in [0, 0.05) is 43.7 Å². The van der Waals surface area contributed by atoms with Gasteiger partial charge < -0.3 is 5.32 Å². The Morgan fingerprint density at radius 2 is 2.00 bits per heavy atom. The van der Waals surface area contributed by atoms with Crippen LogP contribution >= 0.6 is 27.7 Å². The Morgan fingerprint density at radius 1 is 1.30 bits per heavy atom. The lowest BCUT2D eigenvalue weighted by atomic mass is 9.80. The number of hydrogen-bond donors (Lipinski definition) is 1. The Kier molecular flexibility index (Phi) is 5.69. The average molecular weight is 401 g/mol. The van der Waals surface area contributed by atoms with E-state index in [9.17, 15) is 4.79 Å². The van der Waals surface area contributed by atoms with E-state index in [4.69, 9.17) is 0 Å². The van der Waals surface area contributed by atoms with Crippen molar-refractivity contribution in [1.82, 2.24) is 14.7 Å². The summed E-state index contributed by atoms with van der Waals surface area (Å²) in [5.41, 5.74) is 0.950. The topological polar surface area (TPSA) is 50.2 Å². The molecule has 1 N–H and O–H groups in total. The van der Waals surface area contributed by atoms with E-state index in [0.717, 1.165) is 12.2 Å². The Morgan fingerprint density at radius 3 is 2.70 bits per heavy atom. The molecule has 1 saturated heterocycles. The summed E-state index contributed by atoms with van der Waals surface area (Å²) >= 11 is 5.48. The van der Waals surface area contributed by atoms with Crippen LogP contribution in [0, 0.1) is 0 Å². The summed E-state index contributed by atoms with van der Waals surface area (Å²) in [6.07, 6.45) is 8.21. The predicted molar refractivity (Wildman–Crippen MR) is 100 cm³/mol. The van der Waals surface area contributed by atoms with Gasteiger partial charge in [0.15, 0.2) is 0 Å². The molecule has 128 valence electrons. The molecule has 0 unspecified atom stereocenters. The van der Waals surface area contributed by atoms with Crippen molar-refractivity contribution >= 4 is 33.4 Å². The molecule has 0 bridgehead atoms. The van der Waals surface area contributed by atoms with Gasteiger partial charge in [-0.15, -0.1) is 0 Å². The molecule has 0 aromatic carbocycles. The molecule has 23 heavy (non-hydrogen) atoms. The lowest BCUT2D eigenvalue weighted by molar-refractivity contribution is 0.0706. The number of thioether (sulfide) groups is 1. The van der Waals surface area contributed by atoms with Crippen LogP contribution in [0.2, 0.25) is 0 Å². The van der Waals surface area contributed by atoms with Gasteiger partial charge in [-0.3, -0.25) is 9.69 Å². The highest BCUT2D eigenvalue weighted by molar-refractivity contribution is 9.10. The fraction of sp³-hybridized carbons (Fsp3) is 0.750. The highest BCUT2D eigenvalue weighted by Gasteiger charge is 2.38. The summed E-state index contributed by atoms with van der Waals surface area (Å²) in [7, 11) is 1.67. The molecule has 2 fully saturated rings. The van der Waals surface area contributed by atoms with Crippen molar-refractivity contribution in [2.24, 2.45) is 7.05 Å². The standard InChI is InChI=1S/C16H25BrN4OS/c1-20-15(22)14(17)13(11-19-20)18-12-16(5-3-2-4-6-16)21-7-9-23-10-8-21/h11,18H,2-10,12H2,1H3. The summed E-state index contributed by atoms with van der Waals surface area (Å²) in [6, 6.07) is 0. The average Bonchev–Trinajstić information content (AvgIpc) is 2.61. The van der Waals surface area contributed by atoms with Crippen molar-refractivity contribution in [2.45, 2.75) is 37.6 Å². The number of hydrogen-bond acceptors (Lipinski definition) is 5. The zero-order valence-corrected chi connectivity index (χ0v) is 16.1. The van der Waals surface area contributed by atoms with E-state index in [2.05, 4.69) is 43.0 Å². The van der Waals surface area contributed by atoms with Crippen LogP contribution in [0.4, 0.5) is 5.69 Å². The third-order valence-electron chi connectivity index (χ3n) is 5.15. The van der Waals surface area contributed by atoms with Crippen LogP contribution in [0.15, 0.2) is 15.5 Å². The van der Waals surface area contributed by atoms with E-state index in [1.165, 1.54) is 61.4 Å². The van der Waals surface area contributed by atoms with Gasteiger partial charge in [-0.2, -0.15) is 16.9 Å². The molecule has 0 spiro atoms. The number of aryl methyl sites for hydroxylation is 1. The van der Waals surface area contributed by atoms with Crippen LogP contribution in [0.3, 0.4) is 0 Å². The van der Waals surface area contributed by atoms with Gasteiger partial charge in [0.05, 0.1) is 11.9 Å². The first-order chi connectivity index (χ1) is 11.1. The number of aromatic nitrogens is 2. The first-order valence-corrected chi connectivity index (χ1v) is 10.4. The largest absolute Gasteiger partial charge is 0.381 e. The number of rotatable bonds is 4. The second kappa shape index (κ2) is 7.57. The van der Waals surface area contributed by atoms with Crippen molar-refractivity contribution in [1.29, 1.82) is 0 Å². The molecular weight excluding hydrogens is 376 g/mol. The summed E-state index contributed by atoms with van der Waals surface area (Å²) in [5.74, 6) is 2.47. The maximum absolute atomic E-state index is 12.0. The molecule has 1 aromatic heterocycles. The van der Waals surface area contributed by atoms with Crippen LogP contribution in [0.1, 0.15) is 32.1 Å². The zero-order valence-electron chi connectivity index (χ0n) is 13.7. The van der Waals surface area contributed by atoms with E-state index in [1.807, 2.05) is 0 Å². The third-order valence-corrected chi connectivity index (χ3v) is 6.86. The molecule has 0 radical (unpaired) electrons. The first-order valence-electron chi connectivity index (χ1n) is 8.41. The summed E-state index contributed by atoms with van der Waals surface area (Å²) in [5, 5.41) is 7.65. The molecule has 1 aromatic rings. The SMILES string of the molecule is Cn1ncc(NCC2(N3CCSCC3)CCCCC2)c(Br)c1=O. The first kappa shape index (κ1) is 17.3. The quantitative estimate of drug-likeness (QED) is 0.841. The lowest BCUT2D eigenvalue weighted by Gasteiger charge is -2.48. The minimum Gasteiger partial charge on any atom is -0.381 e. The molecule has 1 aliphatic heterocycles. The van der Waals surface area contributed by atoms with Crippen molar-refractivity contribution in [3.8, 4) is 0 Å². The molecule has 7 heteroatoms. The predicted octanol–water partition coefficient (Wildman–Crippen LogP) is 2.71. The van der Waals surface area contributed by atoms with Gasteiger partial charge in [-0.1, -0.05) is 19.3 Å². The van der Waals surface area contributed by atoms with Gasteiger partial charge in [0.25, 0.3) is 5.56 Å². The van der Waals surface area contributed by atoms with Gasteiger partial charge in [-0.25, -0.2) is 4.68 Å². The van der Waals surface area contributed by atoms with E-state index in [1.54, 1.807) is 13.2 Å². The monoisotopic (exact) mass is 400 g/mol. The molecule has 0 atom stereocenters. The zero-order chi connectivity index (χ0) is 16.3. The van der Waals surface area contributed by atoms with Crippen molar-refractivity contribution in [3.63, 3.8) is 0 Å². The normalized spacial score (nSPS) is 22.0. The minimum atomic E-state index is -0.0953. The summed E-state index contributed by atoms with van der Waals surface area (Å²) < 4.78 is 1.93. The van der Waals surface area contributed by atoms with Crippen molar-refractivity contribution in [3.05, 3.63) is 21.0 Å². The molecule has 5 nitrogen and oxygen atoms in total. The fourth-order valence-electron chi connectivity index (χ4n) is 3.75. The number of halogens is 1. The van der Waals surface area contributed by atoms with Crippen LogP contribution < -0.4 is 10.9 Å². The van der Waals surface area contributed by atoms with Crippen molar-refractivity contribution in [2.75, 3.05) is 36.5 Å². The highest BCUT2D eigenvalue weighted by Crippen LogP contribution is 2.35. The van der Waals surface area contributed by atoms with Gasteiger partial charge in [-0.05, 0) is 28.8 Å². The molecule has 1 aliphatic carbocycles. The molecule has 0 amide bonds. The van der Waals surface area contributed by atoms with E-state index < -0.39 is 0 Å². The van der Waals surface area contributed by atoms with E-state index in [-0.39, 0.29) is 11.1 Å². The summed E-state index contributed by atoms with van der Waals surface area (Å²) in [6.45, 7) is 3.26. The number of nitrogens with one attached hydrogen (secondary N) is 1. The minimum absolute atomic E-state index is 0.0953. The molecule has 1 saturated carbocycles. The second-order valence-electron chi connectivity index (χ2n) is 6.54. The van der Waals surface area contributed by atoms with Crippen molar-refractivity contribution < 1.29 is 0 Å². The van der Waals surface area contributed by atoms with Crippen LogP contribution in [-0.4, -0.2) is 51.4 Å². The molecule has 3 rings (SSSR count). The Balaban J connectivity index is 1.76. The third kappa shape index (κ3) is 3.77. The van der Waals surface area contributed by atoms with Gasteiger partial charge in [0.2, 0.25) is 0 Å². The lowest BCUT2D eigenvalue weighted by Crippen LogP contribution is -2.57.